The van der Waals surface area contributed by atoms with Crippen molar-refractivity contribution in [2.24, 2.45) is 0 Å². The first-order valence-corrected chi connectivity index (χ1v) is 7.77. The molecule has 0 bridgehead atoms. The Balaban J connectivity index is 1.62. The number of likely N-dealkylation sites (tertiary alicyclic amines) is 1. The number of alkyl halides is 1. The molecule has 1 aromatic heterocycles. The zero-order valence-electron chi connectivity index (χ0n) is 10.1. The zero-order valence-corrected chi connectivity index (χ0v) is 11.7. The highest BCUT2D eigenvalue weighted by Crippen LogP contribution is 2.15. The summed E-state index contributed by atoms with van der Waals surface area (Å²) in [6, 6.07) is 2.22. The maximum Gasteiger partial charge on any atom is 0.0605 e. The SMILES string of the molecule is ClCCOC1CCN(CCc2ccsc2)CC1. The van der Waals surface area contributed by atoms with E-state index >= 15 is 0 Å². The van der Waals surface area contributed by atoms with Crippen molar-refractivity contribution in [2.75, 3.05) is 32.1 Å². The lowest BCUT2D eigenvalue weighted by Crippen LogP contribution is -2.38. The van der Waals surface area contributed by atoms with Crippen LogP contribution in [0, 0.1) is 0 Å². The van der Waals surface area contributed by atoms with Crippen LogP contribution in [0.5, 0.6) is 0 Å². The van der Waals surface area contributed by atoms with Gasteiger partial charge in [0.1, 0.15) is 0 Å². The van der Waals surface area contributed by atoms with Crippen LogP contribution in [-0.4, -0.2) is 43.1 Å². The first-order chi connectivity index (χ1) is 8.38. The predicted octanol–water partition coefficient (Wildman–Crippen LogP) is 3.01. The van der Waals surface area contributed by atoms with E-state index in [0.717, 1.165) is 25.9 Å². The fourth-order valence-corrected chi connectivity index (χ4v) is 3.03. The van der Waals surface area contributed by atoms with Crippen LogP contribution in [0.25, 0.3) is 0 Å². The number of hydrogen-bond donors (Lipinski definition) is 0. The van der Waals surface area contributed by atoms with Crippen molar-refractivity contribution < 1.29 is 4.74 Å². The highest BCUT2D eigenvalue weighted by atomic mass is 35.5. The van der Waals surface area contributed by atoms with Crippen molar-refractivity contribution in [3.8, 4) is 0 Å². The molecule has 1 aliphatic heterocycles. The van der Waals surface area contributed by atoms with Crippen LogP contribution in [0.1, 0.15) is 18.4 Å². The average molecular weight is 274 g/mol. The maximum absolute atomic E-state index is 5.67. The second-order valence-corrected chi connectivity index (χ2v) is 5.64. The molecule has 4 heteroatoms. The van der Waals surface area contributed by atoms with E-state index in [9.17, 15) is 0 Å². The van der Waals surface area contributed by atoms with Crippen LogP contribution in [0.3, 0.4) is 0 Å². The van der Waals surface area contributed by atoms with Gasteiger partial charge in [0.25, 0.3) is 0 Å². The van der Waals surface area contributed by atoms with Gasteiger partial charge in [0.15, 0.2) is 0 Å². The molecule has 2 rings (SSSR count). The molecule has 0 atom stereocenters. The Bertz CT molecular complexity index is 296. The third-order valence-corrected chi connectivity index (χ3v) is 4.15. The molecule has 17 heavy (non-hydrogen) atoms. The number of piperidine rings is 1. The van der Waals surface area contributed by atoms with Crippen molar-refractivity contribution in [1.82, 2.24) is 4.90 Å². The van der Waals surface area contributed by atoms with Crippen LogP contribution in [0.4, 0.5) is 0 Å². The first kappa shape index (κ1) is 13.3. The molecule has 0 radical (unpaired) electrons. The summed E-state index contributed by atoms with van der Waals surface area (Å²) in [4.78, 5) is 2.54. The summed E-state index contributed by atoms with van der Waals surface area (Å²) in [6.45, 7) is 4.20. The molecule has 0 aromatic carbocycles. The molecule has 1 aromatic rings. The van der Waals surface area contributed by atoms with Gasteiger partial charge < -0.3 is 9.64 Å². The van der Waals surface area contributed by atoms with Gasteiger partial charge in [-0.2, -0.15) is 11.3 Å². The zero-order chi connectivity index (χ0) is 11.9. The Labute approximate surface area is 113 Å². The van der Waals surface area contributed by atoms with Crippen molar-refractivity contribution in [1.29, 1.82) is 0 Å². The average Bonchev–Trinajstić information content (AvgIpc) is 2.88. The molecule has 0 amide bonds. The lowest BCUT2D eigenvalue weighted by molar-refractivity contribution is 0.0155. The summed E-state index contributed by atoms with van der Waals surface area (Å²) < 4.78 is 5.67. The van der Waals surface area contributed by atoms with Gasteiger partial charge in [-0.15, -0.1) is 11.6 Å². The number of hydrogen-bond acceptors (Lipinski definition) is 3. The molecule has 1 saturated heterocycles. The lowest BCUT2D eigenvalue weighted by atomic mass is 10.1. The molecule has 96 valence electrons. The third-order valence-electron chi connectivity index (χ3n) is 3.26. The Morgan fingerprint density at radius 1 is 1.41 bits per heavy atom. The molecule has 0 unspecified atom stereocenters. The minimum Gasteiger partial charge on any atom is -0.377 e. The summed E-state index contributed by atoms with van der Waals surface area (Å²) in [5.41, 5.74) is 1.47. The van der Waals surface area contributed by atoms with E-state index < -0.39 is 0 Å². The van der Waals surface area contributed by atoms with Crippen LogP contribution in [-0.2, 0) is 11.2 Å². The van der Waals surface area contributed by atoms with Gasteiger partial charge in [-0.1, -0.05) is 0 Å². The quantitative estimate of drug-likeness (QED) is 0.739. The van der Waals surface area contributed by atoms with E-state index in [4.69, 9.17) is 16.3 Å². The van der Waals surface area contributed by atoms with Gasteiger partial charge in [-0.25, -0.2) is 0 Å². The minimum atomic E-state index is 0.436. The van der Waals surface area contributed by atoms with E-state index in [1.54, 1.807) is 11.3 Å². The number of nitrogens with zero attached hydrogens (tertiary/aromatic N) is 1. The van der Waals surface area contributed by atoms with Gasteiger partial charge in [0.2, 0.25) is 0 Å². The van der Waals surface area contributed by atoms with Crippen LogP contribution in [0.15, 0.2) is 16.8 Å². The molecule has 1 fully saturated rings. The Hall–Kier alpha value is -0.0900. The molecule has 0 saturated carbocycles. The van der Waals surface area contributed by atoms with E-state index in [2.05, 4.69) is 21.7 Å². The van der Waals surface area contributed by atoms with Gasteiger partial charge in [0.05, 0.1) is 12.7 Å². The van der Waals surface area contributed by atoms with Crippen molar-refractivity contribution in [2.45, 2.75) is 25.4 Å². The molecule has 2 nitrogen and oxygen atoms in total. The summed E-state index contributed by atoms with van der Waals surface area (Å²) in [6.07, 6.45) is 3.92. The van der Waals surface area contributed by atoms with Gasteiger partial charge in [-0.05, 0) is 41.7 Å². The topological polar surface area (TPSA) is 12.5 Å². The molecule has 0 spiro atoms. The predicted molar refractivity (Wildman–Crippen MR) is 74.2 cm³/mol. The highest BCUT2D eigenvalue weighted by Gasteiger charge is 2.18. The van der Waals surface area contributed by atoms with Gasteiger partial charge in [-0.3, -0.25) is 0 Å². The molecular weight excluding hydrogens is 254 g/mol. The van der Waals surface area contributed by atoms with Crippen molar-refractivity contribution >= 4 is 22.9 Å². The third kappa shape index (κ3) is 4.59. The van der Waals surface area contributed by atoms with Crippen LogP contribution >= 0.6 is 22.9 Å². The van der Waals surface area contributed by atoms with E-state index in [1.807, 2.05) is 0 Å². The summed E-state index contributed by atoms with van der Waals surface area (Å²) in [5, 5.41) is 4.40. The van der Waals surface area contributed by atoms with Crippen molar-refractivity contribution in [3.05, 3.63) is 22.4 Å². The fraction of sp³-hybridized carbons (Fsp3) is 0.692. The van der Waals surface area contributed by atoms with Crippen LogP contribution < -0.4 is 0 Å². The van der Waals surface area contributed by atoms with Gasteiger partial charge >= 0.3 is 0 Å². The Morgan fingerprint density at radius 3 is 2.88 bits per heavy atom. The van der Waals surface area contributed by atoms with E-state index in [1.165, 1.54) is 18.5 Å². The Morgan fingerprint density at radius 2 is 2.24 bits per heavy atom. The normalized spacial score (nSPS) is 18.6. The molecule has 0 aliphatic carbocycles. The molecule has 1 aliphatic rings. The summed E-state index contributed by atoms with van der Waals surface area (Å²) in [7, 11) is 0. The second-order valence-electron chi connectivity index (χ2n) is 4.48. The number of rotatable bonds is 6. The minimum absolute atomic E-state index is 0.436. The molecule has 0 N–H and O–H groups in total. The van der Waals surface area contributed by atoms with E-state index in [0.29, 0.717) is 18.6 Å². The van der Waals surface area contributed by atoms with Gasteiger partial charge in [0, 0.05) is 25.5 Å². The fourth-order valence-electron chi connectivity index (χ4n) is 2.23. The van der Waals surface area contributed by atoms with E-state index in [-0.39, 0.29) is 0 Å². The second kappa shape index (κ2) is 7.37. The summed E-state index contributed by atoms with van der Waals surface area (Å²) >= 11 is 7.41. The number of ether oxygens (including phenoxy) is 1. The molecular formula is C13H20ClNOS. The van der Waals surface area contributed by atoms with Crippen molar-refractivity contribution in [3.63, 3.8) is 0 Å². The number of halogens is 1. The van der Waals surface area contributed by atoms with Crippen LogP contribution in [0.2, 0.25) is 0 Å². The summed E-state index contributed by atoms with van der Waals surface area (Å²) in [5.74, 6) is 0.609. The number of thiophene rings is 1. The highest BCUT2D eigenvalue weighted by molar-refractivity contribution is 7.07. The lowest BCUT2D eigenvalue weighted by Gasteiger charge is -2.31. The largest absolute Gasteiger partial charge is 0.377 e. The monoisotopic (exact) mass is 273 g/mol. The standard InChI is InChI=1S/C13H20ClNOS/c14-5-9-16-13-2-7-15(8-3-13)6-1-12-4-10-17-11-12/h4,10-11,13H,1-3,5-9H2. The molecule has 2 heterocycles. The maximum atomic E-state index is 5.67. The smallest absolute Gasteiger partial charge is 0.0605 e. The first-order valence-electron chi connectivity index (χ1n) is 6.29. The Kier molecular flexibility index (Phi) is 5.78.